The van der Waals surface area contributed by atoms with Crippen molar-refractivity contribution < 1.29 is 9.18 Å². The molecule has 0 spiro atoms. The Morgan fingerprint density at radius 3 is 2.76 bits per heavy atom. The Morgan fingerprint density at radius 1 is 1.24 bits per heavy atom. The lowest BCUT2D eigenvalue weighted by atomic mass is 10.1. The summed E-state index contributed by atoms with van der Waals surface area (Å²) in [6.07, 6.45) is 0.795. The second-order valence-electron chi connectivity index (χ2n) is 5.07. The number of carbonyl (C=O) groups excluding carboxylic acids is 1. The Balaban J connectivity index is 2.16. The van der Waals surface area contributed by atoms with E-state index in [4.69, 9.17) is 5.26 Å². The molecule has 0 atom stereocenters. The van der Waals surface area contributed by atoms with E-state index < -0.39 is 0 Å². The van der Waals surface area contributed by atoms with Crippen molar-refractivity contribution in [2.45, 2.75) is 13.3 Å². The van der Waals surface area contributed by atoms with Crippen LogP contribution in [0.5, 0.6) is 0 Å². The standard InChI is InChI=1S/C17H13FN2O/c1-11(21)15-5-2-12(10-19)8-17(15)20-7-6-13-3-4-14(18)9-16(13)20/h2-5,8-9H,6-7H2,1H3. The van der Waals surface area contributed by atoms with Crippen LogP contribution in [0.2, 0.25) is 0 Å². The van der Waals surface area contributed by atoms with Crippen LogP contribution in [-0.4, -0.2) is 12.3 Å². The van der Waals surface area contributed by atoms with Crippen molar-refractivity contribution >= 4 is 17.2 Å². The third-order valence-corrected chi connectivity index (χ3v) is 3.74. The van der Waals surface area contributed by atoms with E-state index >= 15 is 0 Å². The number of benzene rings is 2. The predicted octanol–water partition coefficient (Wildman–Crippen LogP) is 3.59. The molecule has 0 N–H and O–H groups in total. The van der Waals surface area contributed by atoms with Crippen molar-refractivity contribution in [3.8, 4) is 6.07 Å². The second-order valence-corrected chi connectivity index (χ2v) is 5.07. The summed E-state index contributed by atoms with van der Waals surface area (Å²) in [7, 11) is 0. The fourth-order valence-corrected chi connectivity index (χ4v) is 2.72. The van der Waals surface area contributed by atoms with E-state index in [1.165, 1.54) is 19.1 Å². The Labute approximate surface area is 122 Å². The number of anilines is 2. The predicted molar refractivity (Wildman–Crippen MR) is 78.3 cm³/mol. The molecule has 1 aliphatic rings. The Morgan fingerprint density at radius 2 is 2.05 bits per heavy atom. The van der Waals surface area contributed by atoms with Crippen LogP contribution in [0.3, 0.4) is 0 Å². The van der Waals surface area contributed by atoms with Crippen LogP contribution < -0.4 is 4.90 Å². The maximum Gasteiger partial charge on any atom is 0.161 e. The minimum Gasteiger partial charge on any atom is -0.340 e. The number of Topliss-reactive ketones (excluding diaryl/α,β-unsaturated/α-hetero) is 1. The van der Waals surface area contributed by atoms with Gasteiger partial charge in [-0.05, 0) is 49.2 Å². The van der Waals surface area contributed by atoms with Gasteiger partial charge >= 0.3 is 0 Å². The fraction of sp³-hybridized carbons (Fsp3) is 0.176. The van der Waals surface area contributed by atoms with Crippen molar-refractivity contribution in [1.82, 2.24) is 0 Å². The van der Waals surface area contributed by atoms with Gasteiger partial charge in [-0.2, -0.15) is 5.26 Å². The van der Waals surface area contributed by atoms with E-state index in [0.717, 1.165) is 17.7 Å². The third kappa shape index (κ3) is 2.27. The molecule has 0 unspecified atom stereocenters. The van der Waals surface area contributed by atoms with Gasteiger partial charge in [0, 0.05) is 17.8 Å². The summed E-state index contributed by atoms with van der Waals surface area (Å²) < 4.78 is 13.5. The first kappa shape index (κ1) is 13.3. The zero-order valence-corrected chi connectivity index (χ0v) is 11.6. The lowest BCUT2D eigenvalue weighted by molar-refractivity contribution is 0.101. The number of nitrogens with zero attached hydrogens (tertiary/aromatic N) is 2. The summed E-state index contributed by atoms with van der Waals surface area (Å²) in [5.74, 6) is -0.374. The molecule has 0 bridgehead atoms. The van der Waals surface area contributed by atoms with E-state index in [-0.39, 0.29) is 11.6 Å². The molecule has 4 heteroatoms. The zero-order valence-electron chi connectivity index (χ0n) is 11.6. The van der Waals surface area contributed by atoms with E-state index in [1.807, 2.05) is 4.90 Å². The molecular formula is C17H13FN2O. The average Bonchev–Trinajstić information content (AvgIpc) is 2.89. The van der Waals surface area contributed by atoms with Crippen LogP contribution in [-0.2, 0) is 6.42 Å². The van der Waals surface area contributed by atoms with E-state index in [1.54, 1.807) is 24.3 Å². The highest BCUT2D eigenvalue weighted by Gasteiger charge is 2.24. The first-order chi connectivity index (χ1) is 10.1. The highest BCUT2D eigenvalue weighted by atomic mass is 19.1. The first-order valence-corrected chi connectivity index (χ1v) is 6.71. The summed E-state index contributed by atoms with van der Waals surface area (Å²) in [5.41, 5.74) is 3.53. The van der Waals surface area contributed by atoms with Gasteiger partial charge in [-0.15, -0.1) is 0 Å². The van der Waals surface area contributed by atoms with Gasteiger partial charge in [0.25, 0.3) is 0 Å². The Hall–Kier alpha value is -2.67. The number of rotatable bonds is 2. The second kappa shape index (κ2) is 5.02. The van der Waals surface area contributed by atoms with E-state index in [2.05, 4.69) is 6.07 Å². The number of carbonyl (C=O) groups is 1. The summed E-state index contributed by atoms with van der Waals surface area (Å²) in [4.78, 5) is 13.7. The van der Waals surface area contributed by atoms with E-state index in [9.17, 15) is 9.18 Å². The molecule has 0 radical (unpaired) electrons. The van der Waals surface area contributed by atoms with Gasteiger partial charge in [0.2, 0.25) is 0 Å². The van der Waals surface area contributed by atoms with Gasteiger partial charge in [0.05, 0.1) is 17.3 Å². The minimum atomic E-state index is -0.304. The van der Waals surface area contributed by atoms with Gasteiger partial charge in [0.1, 0.15) is 5.82 Å². The van der Waals surface area contributed by atoms with Crippen LogP contribution in [0, 0.1) is 17.1 Å². The molecule has 2 aromatic rings. The van der Waals surface area contributed by atoms with Crippen molar-refractivity contribution in [2.75, 3.05) is 11.4 Å². The third-order valence-electron chi connectivity index (χ3n) is 3.74. The molecule has 0 fully saturated rings. The van der Waals surface area contributed by atoms with Gasteiger partial charge in [-0.25, -0.2) is 4.39 Å². The molecule has 2 aromatic carbocycles. The molecule has 104 valence electrons. The summed E-state index contributed by atoms with van der Waals surface area (Å²) in [6.45, 7) is 2.17. The number of hydrogen-bond acceptors (Lipinski definition) is 3. The molecule has 3 nitrogen and oxygen atoms in total. The molecule has 0 amide bonds. The van der Waals surface area contributed by atoms with Crippen molar-refractivity contribution in [3.63, 3.8) is 0 Å². The van der Waals surface area contributed by atoms with Gasteiger partial charge in [-0.1, -0.05) is 6.07 Å². The topological polar surface area (TPSA) is 44.1 Å². The quantitative estimate of drug-likeness (QED) is 0.789. The van der Waals surface area contributed by atoms with Gasteiger partial charge < -0.3 is 4.90 Å². The summed E-state index contributed by atoms with van der Waals surface area (Å²) in [6, 6.07) is 11.8. The molecule has 3 rings (SSSR count). The van der Waals surface area contributed by atoms with Gasteiger partial charge in [-0.3, -0.25) is 4.79 Å². The molecule has 0 saturated carbocycles. The smallest absolute Gasteiger partial charge is 0.161 e. The lowest BCUT2D eigenvalue weighted by Gasteiger charge is -2.22. The van der Waals surface area contributed by atoms with Crippen LogP contribution in [0.15, 0.2) is 36.4 Å². The largest absolute Gasteiger partial charge is 0.340 e. The summed E-state index contributed by atoms with van der Waals surface area (Å²) >= 11 is 0. The highest BCUT2D eigenvalue weighted by molar-refractivity contribution is 6.01. The van der Waals surface area contributed by atoms with Crippen molar-refractivity contribution in [2.24, 2.45) is 0 Å². The zero-order chi connectivity index (χ0) is 15.0. The first-order valence-electron chi connectivity index (χ1n) is 6.71. The number of halogens is 1. The maximum atomic E-state index is 13.5. The average molecular weight is 280 g/mol. The molecular weight excluding hydrogens is 267 g/mol. The van der Waals surface area contributed by atoms with Crippen LogP contribution in [0.4, 0.5) is 15.8 Å². The Kier molecular flexibility index (Phi) is 3.19. The Bertz CT molecular complexity index is 777. The van der Waals surface area contributed by atoms with E-state index in [0.29, 0.717) is 23.4 Å². The number of fused-ring (bicyclic) bond motifs is 1. The SMILES string of the molecule is CC(=O)c1ccc(C#N)cc1N1CCc2ccc(F)cc21. The number of hydrogen-bond donors (Lipinski definition) is 0. The van der Waals surface area contributed by atoms with Crippen molar-refractivity contribution in [1.29, 1.82) is 5.26 Å². The minimum absolute atomic E-state index is 0.0701. The van der Waals surface area contributed by atoms with Gasteiger partial charge in [0.15, 0.2) is 5.78 Å². The molecule has 1 heterocycles. The molecule has 1 aliphatic heterocycles. The maximum absolute atomic E-state index is 13.5. The van der Waals surface area contributed by atoms with Crippen LogP contribution in [0.25, 0.3) is 0 Å². The molecule has 0 aromatic heterocycles. The highest BCUT2D eigenvalue weighted by Crippen LogP contribution is 2.37. The molecule has 0 aliphatic carbocycles. The number of nitriles is 1. The van der Waals surface area contributed by atoms with Crippen LogP contribution in [0.1, 0.15) is 28.4 Å². The van der Waals surface area contributed by atoms with Crippen LogP contribution >= 0.6 is 0 Å². The molecule has 0 saturated heterocycles. The molecule has 21 heavy (non-hydrogen) atoms. The van der Waals surface area contributed by atoms with Crippen molar-refractivity contribution in [3.05, 3.63) is 58.9 Å². The monoisotopic (exact) mass is 280 g/mol. The number of ketones is 1. The normalized spacial score (nSPS) is 12.9. The fourth-order valence-electron chi connectivity index (χ4n) is 2.72. The summed E-state index contributed by atoms with van der Waals surface area (Å²) in [5, 5.41) is 9.06. The lowest BCUT2D eigenvalue weighted by Crippen LogP contribution is -2.16.